The molecule has 2 heterocycles. The Labute approximate surface area is 218 Å². The molecule has 1 unspecified atom stereocenters. The summed E-state index contributed by atoms with van der Waals surface area (Å²) in [7, 11) is 0. The second kappa shape index (κ2) is 10.4. The van der Waals surface area contributed by atoms with Gasteiger partial charge in [0.15, 0.2) is 0 Å². The molecule has 0 saturated heterocycles. The van der Waals surface area contributed by atoms with Crippen molar-refractivity contribution in [2.45, 2.75) is 84.0 Å². The van der Waals surface area contributed by atoms with Crippen molar-refractivity contribution in [3.63, 3.8) is 0 Å². The van der Waals surface area contributed by atoms with Crippen molar-refractivity contribution in [2.24, 2.45) is 0 Å². The number of anilines is 1. The Hall–Kier alpha value is -3.68. The van der Waals surface area contributed by atoms with Crippen molar-refractivity contribution in [3.8, 4) is 5.75 Å². The van der Waals surface area contributed by atoms with Gasteiger partial charge in [-0.3, -0.25) is 0 Å². The van der Waals surface area contributed by atoms with Crippen molar-refractivity contribution < 1.29 is 14.3 Å². The Morgan fingerprint density at radius 3 is 2.51 bits per heavy atom. The molecule has 5 rings (SSSR count). The molecule has 3 aromatic rings. The third-order valence-electron chi connectivity index (χ3n) is 7.19. The lowest BCUT2D eigenvalue weighted by molar-refractivity contribution is -0.146. The molecule has 0 spiro atoms. The Balaban J connectivity index is 1.43. The third-order valence-corrected chi connectivity index (χ3v) is 7.19. The summed E-state index contributed by atoms with van der Waals surface area (Å²) in [4.78, 5) is 13.6. The number of hydrogen-bond acceptors (Lipinski definition) is 7. The number of rotatable bonds is 6. The molecule has 1 fully saturated rings. The summed E-state index contributed by atoms with van der Waals surface area (Å²) >= 11 is 0. The standard InChI is InChI=1S/C29H35N5O3/c1-19-25(27(35)37-22-10-6-5-7-11-22)26(34-28(30-19)31-32-33-34)23-12-8-9-13-24(23)36-18-20-14-16-21(17-15-20)29(2,3)4/h8-9,12-17,22,26H,5-7,10-11,18H2,1-4H3,(H,30,31,33). The molecule has 0 bridgehead atoms. The van der Waals surface area contributed by atoms with E-state index in [1.165, 1.54) is 12.0 Å². The minimum absolute atomic E-state index is 0.0555. The molecule has 1 atom stereocenters. The number of para-hydroxylation sites is 1. The van der Waals surface area contributed by atoms with Gasteiger partial charge in [0, 0.05) is 11.3 Å². The number of nitrogens with one attached hydrogen (secondary N) is 1. The second-order valence-electron chi connectivity index (χ2n) is 11.0. The van der Waals surface area contributed by atoms with Crippen LogP contribution in [0, 0.1) is 0 Å². The minimum Gasteiger partial charge on any atom is -0.489 e. The Bertz CT molecular complexity index is 1280. The van der Waals surface area contributed by atoms with E-state index in [1.807, 2.05) is 31.2 Å². The van der Waals surface area contributed by atoms with E-state index in [-0.39, 0.29) is 17.5 Å². The third kappa shape index (κ3) is 5.38. The Morgan fingerprint density at radius 1 is 1.05 bits per heavy atom. The molecule has 1 aromatic heterocycles. The van der Waals surface area contributed by atoms with Crippen LogP contribution < -0.4 is 10.1 Å². The first kappa shape index (κ1) is 25.0. The smallest absolute Gasteiger partial charge is 0.338 e. The summed E-state index contributed by atoms with van der Waals surface area (Å²) in [5.41, 5.74) is 4.42. The first-order valence-corrected chi connectivity index (χ1v) is 13.1. The van der Waals surface area contributed by atoms with E-state index in [0.717, 1.165) is 36.8 Å². The van der Waals surface area contributed by atoms with Gasteiger partial charge < -0.3 is 14.8 Å². The van der Waals surface area contributed by atoms with Crippen molar-refractivity contribution in [2.75, 3.05) is 5.32 Å². The summed E-state index contributed by atoms with van der Waals surface area (Å²) < 4.78 is 14.0. The van der Waals surface area contributed by atoms with Crippen LogP contribution in [-0.4, -0.2) is 32.3 Å². The van der Waals surface area contributed by atoms with Gasteiger partial charge in [-0.15, -0.1) is 0 Å². The number of esters is 1. The van der Waals surface area contributed by atoms with Crippen LogP contribution in [0.25, 0.3) is 0 Å². The molecule has 1 aliphatic carbocycles. The average Bonchev–Trinajstić information content (AvgIpc) is 3.35. The van der Waals surface area contributed by atoms with Crippen molar-refractivity contribution in [1.82, 2.24) is 20.2 Å². The predicted molar refractivity (Wildman–Crippen MR) is 141 cm³/mol. The number of tetrazole rings is 1. The van der Waals surface area contributed by atoms with Gasteiger partial charge in [0.05, 0.1) is 5.57 Å². The summed E-state index contributed by atoms with van der Waals surface area (Å²) in [6.07, 6.45) is 5.11. The van der Waals surface area contributed by atoms with Crippen molar-refractivity contribution in [3.05, 3.63) is 76.5 Å². The number of aromatic nitrogens is 4. The molecule has 8 nitrogen and oxygen atoms in total. The fourth-order valence-corrected chi connectivity index (χ4v) is 5.06. The van der Waals surface area contributed by atoms with Crippen LogP contribution in [0.4, 0.5) is 5.95 Å². The number of hydrogen-bond donors (Lipinski definition) is 1. The molecule has 2 aliphatic rings. The van der Waals surface area contributed by atoms with Crippen molar-refractivity contribution in [1.29, 1.82) is 0 Å². The van der Waals surface area contributed by atoms with E-state index >= 15 is 0 Å². The highest BCUT2D eigenvalue weighted by Gasteiger charge is 2.37. The minimum atomic E-state index is -0.568. The van der Waals surface area contributed by atoms with Gasteiger partial charge in [-0.2, -0.15) is 4.68 Å². The van der Waals surface area contributed by atoms with Crippen LogP contribution in [0.3, 0.4) is 0 Å². The maximum atomic E-state index is 13.6. The van der Waals surface area contributed by atoms with E-state index in [2.05, 4.69) is 65.9 Å². The van der Waals surface area contributed by atoms with Gasteiger partial charge in [-0.1, -0.05) is 74.8 Å². The zero-order valence-corrected chi connectivity index (χ0v) is 22.0. The van der Waals surface area contributed by atoms with Gasteiger partial charge in [0.1, 0.15) is 24.5 Å². The average molecular weight is 502 g/mol. The lowest BCUT2D eigenvalue weighted by Crippen LogP contribution is -2.32. The molecular formula is C29H35N5O3. The molecule has 1 N–H and O–H groups in total. The largest absolute Gasteiger partial charge is 0.489 e. The van der Waals surface area contributed by atoms with Gasteiger partial charge in [0.2, 0.25) is 5.95 Å². The molecule has 8 heteroatoms. The SMILES string of the molecule is CC1=C(C(=O)OC2CCCCC2)C(c2ccccc2OCc2ccc(C(C)(C)C)cc2)n2nnnc2N1. The molecule has 0 radical (unpaired) electrons. The topological polar surface area (TPSA) is 91.2 Å². The normalized spacial score (nSPS) is 18.2. The monoisotopic (exact) mass is 501 g/mol. The van der Waals surface area contributed by atoms with Crippen LogP contribution in [0.15, 0.2) is 59.8 Å². The van der Waals surface area contributed by atoms with E-state index in [0.29, 0.717) is 29.6 Å². The van der Waals surface area contributed by atoms with E-state index in [9.17, 15) is 4.79 Å². The number of carbonyl (C=O) groups excluding carboxylic acids is 1. The van der Waals surface area contributed by atoms with Gasteiger partial charge in [-0.05, 0) is 65.6 Å². The van der Waals surface area contributed by atoms with Crippen LogP contribution in [-0.2, 0) is 21.6 Å². The van der Waals surface area contributed by atoms with Crippen LogP contribution in [0.2, 0.25) is 0 Å². The maximum Gasteiger partial charge on any atom is 0.338 e. The number of nitrogens with zero attached hydrogens (tertiary/aromatic N) is 4. The number of carbonyl (C=O) groups is 1. The molecule has 1 saturated carbocycles. The molecule has 37 heavy (non-hydrogen) atoms. The summed E-state index contributed by atoms with van der Waals surface area (Å²) in [6.45, 7) is 8.87. The summed E-state index contributed by atoms with van der Waals surface area (Å²) in [5, 5.41) is 15.3. The molecular weight excluding hydrogens is 466 g/mol. The fraction of sp³-hybridized carbons (Fsp3) is 0.448. The lowest BCUT2D eigenvalue weighted by atomic mass is 9.87. The van der Waals surface area contributed by atoms with Crippen LogP contribution in [0.1, 0.15) is 82.5 Å². The molecule has 2 aromatic carbocycles. The quantitative estimate of drug-likeness (QED) is 0.432. The maximum absolute atomic E-state index is 13.6. The fourth-order valence-electron chi connectivity index (χ4n) is 5.06. The van der Waals surface area contributed by atoms with Crippen LogP contribution in [0.5, 0.6) is 5.75 Å². The first-order chi connectivity index (χ1) is 17.8. The Morgan fingerprint density at radius 2 is 1.78 bits per heavy atom. The Kier molecular flexibility index (Phi) is 7.00. The number of fused-ring (bicyclic) bond motifs is 1. The highest BCUT2D eigenvalue weighted by Crippen LogP contribution is 2.39. The highest BCUT2D eigenvalue weighted by molar-refractivity contribution is 5.92. The lowest BCUT2D eigenvalue weighted by Gasteiger charge is -2.30. The summed E-state index contributed by atoms with van der Waals surface area (Å²) in [5.74, 6) is 0.812. The predicted octanol–water partition coefficient (Wildman–Crippen LogP) is 5.71. The van der Waals surface area contributed by atoms with Gasteiger partial charge in [0.25, 0.3) is 0 Å². The van der Waals surface area contributed by atoms with E-state index < -0.39 is 6.04 Å². The first-order valence-electron chi connectivity index (χ1n) is 13.1. The van der Waals surface area contributed by atoms with Crippen LogP contribution >= 0.6 is 0 Å². The zero-order chi connectivity index (χ0) is 26.0. The van der Waals surface area contributed by atoms with Gasteiger partial charge in [-0.25, -0.2) is 4.79 Å². The summed E-state index contributed by atoms with van der Waals surface area (Å²) in [6, 6.07) is 15.7. The van der Waals surface area contributed by atoms with Gasteiger partial charge >= 0.3 is 5.97 Å². The van der Waals surface area contributed by atoms with E-state index in [4.69, 9.17) is 9.47 Å². The molecule has 1 aliphatic heterocycles. The second-order valence-corrected chi connectivity index (χ2v) is 11.0. The molecule has 0 amide bonds. The highest BCUT2D eigenvalue weighted by atomic mass is 16.5. The number of ether oxygens (including phenoxy) is 2. The van der Waals surface area contributed by atoms with Crippen molar-refractivity contribution >= 4 is 11.9 Å². The zero-order valence-electron chi connectivity index (χ0n) is 22.0. The molecule has 194 valence electrons. The number of allylic oxidation sites excluding steroid dienone is 1. The van der Waals surface area contributed by atoms with E-state index in [1.54, 1.807) is 4.68 Å². The number of benzene rings is 2.